The molecule has 2 aromatic carbocycles. The normalized spacial score (nSPS) is 16.9. The van der Waals surface area contributed by atoms with Gasteiger partial charge in [0.05, 0.1) is 6.10 Å². The summed E-state index contributed by atoms with van der Waals surface area (Å²) in [5.41, 5.74) is 1.50. The van der Waals surface area contributed by atoms with E-state index in [2.05, 4.69) is 0 Å². The third kappa shape index (κ3) is 7.27. The number of nitrogens with zero attached hydrogens (tertiary/aromatic N) is 1. The van der Waals surface area contributed by atoms with Crippen LogP contribution in [0.25, 0.3) is 11.1 Å². The van der Waals surface area contributed by atoms with E-state index in [4.69, 9.17) is 5.11 Å². The van der Waals surface area contributed by atoms with Gasteiger partial charge in [0.2, 0.25) is 5.91 Å². The van der Waals surface area contributed by atoms with Crippen LogP contribution in [0.1, 0.15) is 50.2 Å². The van der Waals surface area contributed by atoms with Gasteiger partial charge in [0.1, 0.15) is 11.6 Å². The lowest BCUT2D eigenvalue weighted by atomic mass is 9.96. The Kier molecular flexibility index (Phi) is 9.26. The van der Waals surface area contributed by atoms with Gasteiger partial charge in [-0.2, -0.15) is 11.8 Å². The van der Waals surface area contributed by atoms with Gasteiger partial charge in [-0.3, -0.25) is 9.59 Å². The number of rotatable bonds is 12. The van der Waals surface area contributed by atoms with Crippen LogP contribution in [-0.4, -0.2) is 51.1 Å². The molecule has 0 aromatic heterocycles. The van der Waals surface area contributed by atoms with Crippen molar-refractivity contribution < 1.29 is 28.6 Å². The number of aliphatic carboxylic acids is 1. The number of likely N-dealkylation sites (tertiary alicyclic amines) is 1. The molecule has 0 radical (unpaired) electrons. The molecule has 0 aliphatic carbocycles. The lowest BCUT2D eigenvalue weighted by molar-refractivity contribution is -0.137. The first kappa shape index (κ1) is 25.2. The SMILES string of the molecule is O=C(O)CCCSCCN1C(=O)CCC1CCC(O)c1cccc(-c2ccc(F)cc2F)c1. The maximum absolute atomic E-state index is 14.1. The summed E-state index contributed by atoms with van der Waals surface area (Å²) in [5, 5.41) is 19.4. The number of carbonyl (C=O) groups excluding carboxylic acids is 1. The standard InChI is InChI=1S/C25H29F2NO4S/c26-19-6-9-21(22(27)16-19)17-3-1-4-18(15-17)23(29)10-7-20-8-11-24(30)28(20)12-14-33-13-2-5-25(31)32/h1,3-4,6,9,15-16,20,23,29H,2,5,7-8,10-14H2,(H,31,32). The molecule has 1 aliphatic heterocycles. The number of aliphatic hydroxyl groups is 1. The van der Waals surface area contributed by atoms with Gasteiger partial charge in [-0.1, -0.05) is 18.2 Å². The van der Waals surface area contributed by atoms with E-state index in [-0.39, 0.29) is 23.9 Å². The number of hydrogen-bond acceptors (Lipinski definition) is 4. The first-order valence-electron chi connectivity index (χ1n) is 11.2. The summed E-state index contributed by atoms with van der Waals surface area (Å²) >= 11 is 1.65. The molecular weight excluding hydrogens is 448 g/mol. The van der Waals surface area contributed by atoms with Gasteiger partial charge in [-0.05, 0) is 60.8 Å². The quantitative estimate of drug-likeness (QED) is 0.419. The van der Waals surface area contributed by atoms with E-state index in [1.807, 2.05) is 4.90 Å². The topological polar surface area (TPSA) is 77.8 Å². The average Bonchev–Trinajstić information content (AvgIpc) is 3.13. The summed E-state index contributed by atoms with van der Waals surface area (Å²) in [6.45, 7) is 0.622. The number of amides is 1. The molecule has 0 saturated carbocycles. The molecular formula is C25H29F2NO4S. The second-order valence-electron chi connectivity index (χ2n) is 8.23. The predicted octanol–water partition coefficient (Wildman–Crippen LogP) is 5.03. The van der Waals surface area contributed by atoms with Gasteiger partial charge in [-0.15, -0.1) is 0 Å². The zero-order valence-corrected chi connectivity index (χ0v) is 19.2. The molecule has 8 heteroatoms. The maximum atomic E-state index is 14.1. The van der Waals surface area contributed by atoms with Crippen LogP contribution in [0.2, 0.25) is 0 Å². The highest BCUT2D eigenvalue weighted by atomic mass is 32.2. The van der Waals surface area contributed by atoms with Crippen LogP contribution in [0.4, 0.5) is 8.78 Å². The second-order valence-corrected chi connectivity index (χ2v) is 9.46. The van der Waals surface area contributed by atoms with Crippen molar-refractivity contribution in [3.63, 3.8) is 0 Å². The molecule has 2 aromatic rings. The number of carboxylic acid groups (broad SMARTS) is 1. The Bertz CT molecular complexity index is 971. The summed E-state index contributed by atoms with van der Waals surface area (Å²) in [6.07, 6.45) is 2.41. The molecule has 2 N–H and O–H groups in total. The molecule has 2 atom stereocenters. The van der Waals surface area contributed by atoms with Gasteiger partial charge < -0.3 is 15.1 Å². The Morgan fingerprint density at radius 3 is 2.76 bits per heavy atom. The largest absolute Gasteiger partial charge is 0.481 e. The summed E-state index contributed by atoms with van der Waals surface area (Å²) in [4.78, 5) is 24.7. The molecule has 5 nitrogen and oxygen atoms in total. The zero-order valence-electron chi connectivity index (χ0n) is 18.4. The van der Waals surface area contributed by atoms with Crippen molar-refractivity contribution in [3.8, 4) is 11.1 Å². The summed E-state index contributed by atoms with van der Waals surface area (Å²) in [7, 11) is 0. The molecule has 178 valence electrons. The van der Waals surface area contributed by atoms with Crippen LogP contribution in [-0.2, 0) is 9.59 Å². The third-order valence-electron chi connectivity index (χ3n) is 5.90. The molecule has 1 heterocycles. The molecule has 1 aliphatic rings. The van der Waals surface area contributed by atoms with Crippen molar-refractivity contribution >= 4 is 23.6 Å². The average molecular weight is 478 g/mol. The molecule has 0 spiro atoms. The number of carboxylic acids is 1. The zero-order chi connectivity index (χ0) is 23.8. The Morgan fingerprint density at radius 2 is 2.00 bits per heavy atom. The van der Waals surface area contributed by atoms with Crippen molar-refractivity contribution in [2.75, 3.05) is 18.1 Å². The fraction of sp³-hybridized carbons (Fsp3) is 0.440. The summed E-state index contributed by atoms with van der Waals surface area (Å²) < 4.78 is 27.3. The minimum Gasteiger partial charge on any atom is -0.481 e. The van der Waals surface area contributed by atoms with Gasteiger partial charge in [0.25, 0.3) is 0 Å². The Morgan fingerprint density at radius 1 is 1.18 bits per heavy atom. The molecule has 1 fully saturated rings. The number of carbonyl (C=O) groups is 2. The van der Waals surface area contributed by atoms with Crippen molar-refractivity contribution in [2.24, 2.45) is 0 Å². The van der Waals surface area contributed by atoms with Crippen molar-refractivity contribution in [1.29, 1.82) is 0 Å². The highest BCUT2D eigenvalue weighted by Gasteiger charge is 2.30. The fourth-order valence-electron chi connectivity index (χ4n) is 4.15. The van der Waals surface area contributed by atoms with E-state index < -0.39 is 23.7 Å². The van der Waals surface area contributed by atoms with E-state index in [0.717, 1.165) is 24.0 Å². The predicted molar refractivity (Wildman–Crippen MR) is 125 cm³/mol. The highest BCUT2D eigenvalue weighted by Crippen LogP contribution is 2.30. The Labute approximate surface area is 196 Å². The fourth-order valence-corrected chi connectivity index (χ4v) is 5.02. The second kappa shape index (κ2) is 12.1. The minimum atomic E-state index is -0.794. The number of benzene rings is 2. The van der Waals surface area contributed by atoms with Crippen LogP contribution in [0, 0.1) is 11.6 Å². The first-order chi connectivity index (χ1) is 15.8. The third-order valence-corrected chi connectivity index (χ3v) is 6.94. The number of thioether (sulfide) groups is 1. The molecule has 2 unspecified atom stereocenters. The number of hydrogen-bond donors (Lipinski definition) is 2. The van der Waals surface area contributed by atoms with E-state index in [1.54, 1.807) is 36.0 Å². The van der Waals surface area contributed by atoms with Gasteiger partial charge in [0.15, 0.2) is 0 Å². The minimum absolute atomic E-state index is 0.0736. The van der Waals surface area contributed by atoms with Crippen LogP contribution >= 0.6 is 11.8 Å². The molecule has 0 bridgehead atoms. The molecule has 1 saturated heterocycles. The van der Waals surface area contributed by atoms with Crippen molar-refractivity contribution in [2.45, 2.75) is 50.7 Å². The van der Waals surface area contributed by atoms with Crippen LogP contribution in [0.15, 0.2) is 42.5 Å². The lowest BCUT2D eigenvalue weighted by Crippen LogP contribution is -2.35. The van der Waals surface area contributed by atoms with Crippen LogP contribution in [0.5, 0.6) is 0 Å². The van der Waals surface area contributed by atoms with Gasteiger partial charge in [0, 0.05) is 42.8 Å². The lowest BCUT2D eigenvalue weighted by Gasteiger charge is -2.25. The van der Waals surface area contributed by atoms with Crippen LogP contribution in [0.3, 0.4) is 0 Å². The van der Waals surface area contributed by atoms with Crippen molar-refractivity contribution in [3.05, 3.63) is 59.7 Å². The Hall–Kier alpha value is -2.45. The van der Waals surface area contributed by atoms with E-state index in [9.17, 15) is 23.5 Å². The smallest absolute Gasteiger partial charge is 0.303 e. The van der Waals surface area contributed by atoms with E-state index >= 15 is 0 Å². The highest BCUT2D eigenvalue weighted by molar-refractivity contribution is 7.99. The Balaban J connectivity index is 1.52. The summed E-state index contributed by atoms with van der Waals surface area (Å²) in [5.74, 6) is -0.450. The van der Waals surface area contributed by atoms with Crippen LogP contribution < -0.4 is 0 Å². The molecule has 1 amide bonds. The monoisotopic (exact) mass is 477 g/mol. The van der Waals surface area contributed by atoms with Gasteiger partial charge in [-0.25, -0.2) is 8.78 Å². The number of halogens is 2. The van der Waals surface area contributed by atoms with Gasteiger partial charge >= 0.3 is 5.97 Å². The molecule has 3 rings (SSSR count). The maximum Gasteiger partial charge on any atom is 0.303 e. The summed E-state index contributed by atoms with van der Waals surface area (Å²) in [6, 6.07) is 10.5. The number of aliphatic hydroxyl groups excluding tert-OH is 1. The van der Waals surface area contributed by atoms with Crippen molar-refractivity contribution in [1.82, 2.24) is 4.90 Å². The van der Waals surface area contributed by atoms with E-state index in [1.165, 1.54) is 12.1 Å². The molecule has 33 heavy (non-hydrogen) atoms. The first-order valence-corrected chi connectivity index (χ1v) is 12.3. The van der Waals surface area contributed by atoms with E-state index in [0.29, 0.717) is 43.4 Å².